The van der Waals surface area contributed by atoms with Crippen molar-refractivity contribution in [3.8, 4) is 0 Å². The lowest BCUT2D eigenvalue weighted by molar-refractivity contribution is -0.133. The molecule has 5 heterocycles. The molecule has 0 aromatic carbocycles. The number of aromatic nitrogens is 8. The van der Waals surface area contributed by atoms with Gasteiger partial charge in [0.25, 0.3) is 11.1 Å². The smallest absolute Gasteiger partial charge is 0.332 e. The summed E-state index contributed by atoms with van der Waals surface area (Å²) >= 11 is 0. The van der Waals surface area contributed by atoms with Gasteiger partial charge in [-0.2, -0.15) is 0 Å². The molecule has 0 bridgehead atoms. The molecule has 1 fully saturated rings. The summed E-state index contributed by atoms with van der Waals surface area (Å²) in [6, 6.07) is 0. The maximum absolute atomic E-state index is 13.3. The number of aromatic amines is 2. The van der Waals surface area contributed by atoms with Gasteiger partial charge in [-0.1, -0.05) is 27.7 Å². The van der Waals surface area contributed by atoms with Crippen LogP contribution in [0.2, 0.25) is 0 Å². The third-order valence-corrected chi connectivity index (χ3v) is 10.0. The van der Waals surface area contributed by atoms with Crippen molar-refractivity contribution >= 4 is 34.1 Å². The molecular weight excluding hydrogens is 648 g/mol. The second-order valence-electron chi connectivity index (χ2n) is 13.0. The highest BCUT2D eigenvalue weighted by Crippen LogP contribution is 2.34. The van der Waals surface area contributed by atoms with Crippen molar-refractivity contribution in [1.82, 2.24) is 58.6 Å². The highest BCUT2D eigenvalue weighted by atomic mass is 16.2. The van der Waals surface area contributed by atoms with Crippen molar-refractivity contribution in [2.45, 2.75) is 77.5 Å². The Morgan fingerprint density at radius 2 is 0.960 bits per heavy atom. The fraction of sp³-hybridized carbons (Fsp3) is 0.625. The maximum atomic E-state index is 13.3. The van der Waals surface area contributed by atoms with E-state index in [2.05, 4.69) is 30.4 Å². The van der Waals surface area contributed by atoms with Crippen LogP contribution in [0.3, 0.4) is 0 Å². The van der Waals surface area contributed by atoms with Crippen LogP contribution in [-0.2, 0) is 49.1 Å². The standard InChI is InChI=1S/C32H48N12O6/c1-9-13-19(45)37-31(11-3,27-33-21-23(35-27)39(5)29(49)41(7)25(21)47)43-15-17-44(18-16-43)32(12-4,38-20(46)14-10-2)28-34-22-24(36-28)40(6)30(50)42(8)26(22)48/h9-18H2,1-8H3,(H,33,35)(H,34,36)(H,37,45)(H,38,46). The number of nitrogens with one attached hydrogen (secondary N) is 4. The van der Waals surface area contributed by atoms with Crippen LogP contribution >= 0.6 is 0 Å². The van der Waals surface area contributed by atoms with E-state index in [0.29, 0.717) is 63.5 Å². The molecule has 50 heavy (non-hydrogen) atoms. The number of H-pyrrole nitrogens is 2. The fourth-order valence-electron chi connectivity index (χ4n) is 7.09. The largest absolute Gasteiger partial charge is 0.333 e. The van der Waals surface area contributed by atoms with Gasteiger partial charge in [-0.15, -0.1) is 0 Å². The van der Waals surface area contributed by atoms with Gasteiger partial charge in [-0.05, 0) is 25.7 Å². The summed E-state index contributed by atoms with van der Waals surface area (Å²) in [5.74, 6) is 0.281. The van der Waals surface area contributed by atoms with E-state index < -0.39 is 33.8 Å². The summed E-state index contributed by atoms with van der Waals surface area (Å²) in [5, 5.41) is 6.41. The molecular formula is C32H48N12O6. The van der Waals surface area contributed by atoms with Crippen LogP contribution in [0.1, 0.15) is 77.9 Å². The van der Waals surface area contributed by atoms with E-state index >= 15 is 0 Å². The Kier molecular flexibility index (Phi) is 10.1. The molecule has 2 unspecified atom stereocenters. The molecule has 0 aliphatic carbocycles. The zero-order valence-electron chi connectivity index (χ0n) is 30.1. The molecule has 1 aliphatic heterocycles. The first-order valence-corrected chi connectivity index (χ1v) is 17.2. The number of piperazine rings is 1. The Bertz CT molecular complexity index is 2030. The lowest BCUT2D eigenvalue weighted by atomic mass is 9.98. The van der Waals surface area contributed by atoms with Crippen LogP contribution in [-0.4, -0.2) is 86.0 Å². The van der Waals surface area contributed by atoms with E-state index in [0.717, 1.165) is 9.13 Å². The van der Waals surface area contributed by atoms with Gasteiger partial charge in [0.2, 0.25) is 11.8 Å². The van der Waals surface area contributed by atoms with Gasteiger partial charge in [0.05, 0.1) is 0 Å². The number of carbonyl (C=O) groups is 2. The molecule has 1 saturated heterocycles. The van der Waals surface area contributed by atoms with Crippen molar-refractivity contribution < 1.29 is 9.59 Å². The molecule has 4 N–H and O–H groups in total. The van der Waals surface area contributed by atoms with Crippen LogP contribution in [0.4, 0.5) is 0 Å². The Labute approximate surface area is 287 Å². The van der Waals surface area contributed by atoms with Crippen LogP contribution < -0.4 is 33.1 Å². The van der Waals surface area contributed by atoms with Crippen LogP contribution in [0, 0.1) is 0 Å². The lowest BCUT2D eigenvalue weighted by Gasteiger charge is -2.51. The summed E-state index contributed by atoms with van der Waals surface area (Å²) in [6.07, 6.45) is 2.55. The van der Waals surface area contributed by atoms with Crippen molar-refractivity contribution in [2.24, 2.45) is 28.2 Å². The predicted octanol–water partition coefficient (Wildman–Crippen LogP) is -0.490. The Morgan fingerprint density at radius 1 is 0.620 bits per heavy atom. The van der Waals surface area contributed by atoms with Crippen LogP contribution in [0.15, 0.2) is 19.2 Å². The Balaban J connectivity index is 1.59. The molecule has 1 aliphatic rings. The number of nitrogens with zero attached hydrogens (tertiary/aromatic N) is 8. The molecule has 4 aromatic rings. The van der Waals surface area contributed by atoms with E-state index in [1.165, 1.54) is 23.2 Å². The van der Waals surface area contributed by atoms with Gasteiger partial charge in [0.1, 0.15) is 22.7 Å². The minimum atomic E-state index is -1.16. The van der Waals surface area contributed by atoms with Crippen LogP contribution in [0.25, 0.3) is 22.3 Å². The van der Waals surface area contributed by atoms with E-state index in [1.54, 1.807) is 14.1 Å². The summed E-state index contributed by atoms with van der Waals surface area (Å²) in [6.45, 7) is 9.22. The van der Waals surface area contributed by atoms with Crippen LogP contribution in [0.5, 0.6) is 0 Å². The molecule has 0 radical (unpaired) electrons. The molecule has 5 rings (SSSR count). The number of amides is 2. The molecule has 18 nitrogen and oxygen atoms in total. The summed E-state index contributed by atoms with van der Waals surface area (Å²) in [4.78, 5) is 98.3. The SMILES string of the molecule is CCCC(=O)NC(CC)(c1nc2c([nH]1)c(=O)n(C)c(=O)n2C)N1CCN(C(CC)(NC(=O)CCC)c2nc3c([nH]2)c(=O)n(C)c(=O)n3C)CC1. The molecule has 4 aromatic heterocycles. The van der Waals surface area contributed by atoms with Gasteiger partial charge < -0.3 is 20.6 Å². The molecule has 0 saturated carbocycles. The normalized spacial score (nSPS) is 16.8. The molecule has 0 spiro atoms. The van der Waals surface area contributed by atoms with E-state index in [9.17, 15) is 28.8 Å². The van der Waals surface area contributed by atoms with Crippen molar-refractivity contribution in [3.05, 3.63) is 53.3 Å². The minimum Gasteiger partial charge on any atom is -0.333 e. The van der Waals surface area contributed by atoms with Gasteiger partial charge in [0, 0.05) is 67.2 Å². The van der Waals surface area contributed by atoms with Gasteiger partial charge in [-0.3, -0.25) is 47.2 Å². The maximum Gasteiger partial charge on any atom is 0.332 e. The van der Waals surface area contributed by atoms with E-state index in [1.807, 2.05) is 27.7 Å². The number of hydrogen-bond donors (Lipinski definition) is 4. The zero-order chi connectivity index (χ0) is 36.7. The lowest BCUT2D eigenvalue weighted by Crippen LogP contribution is -2.67. The van der Waals surface area contributed by atoms with E-state index in [4.69, 9.17) is 9.97 Å². The zero-order valence-corrected chi connectivity index (χ0v) is 30.1. The Hall–Kier alpha value is -4.84. The second kappa shape index (κ2) is 13.8. The second-order valence-corrected chi connectivity index (χ2v) is 13.0. The molecule has 2 amide bonds. The van der Waals surface area contributed by atoms with Gasteiger partial charge >= 0.3 is 11.4 Å². The quantitative estimate of drug-likeness (QED) is 0.149. The van der Waals surface area contributed by atoms with Gasteiger partial charge in [0.15, 0.2) is 22.6 Å². The summed E-state index contributed by atoms with van der Waals surface area (Å²) < 4.78 is 4.62. The fourth-order valence-corrected chi connectivity index (χ4v) is 7.09. The van der Waals surface area contributed by atoms with Crippen molar-refractivity contribution in [3.63, 3.8) is 0 Å². The van der Waals surface area contributed by atoms with E-state index in [-0.39, 0.29) is 47.0 Å². The summed E-state index contributed by atoms with van der Waals surface area (Å²) in [7, 11) is 5.89. The monoisotopic (exact) mass is 696 g/mol. The molecule has 18 heteroatoms. The average Bonchev–Trinajstić information content (AvgIpc) is 3.77. The topological polar surface area (TPSA) is 210 Å². The number of aryl methyl sites for hydroxylation is 2. The highest BCUT2D eigenvalue weighted by Gasteiger charge is 2.48. The first-order valence-electron chi connectivity index (χ1n) is 17.2. The number of rotatable bonds is 12. The molecule has 2 atom stereocenters. The van der Waals surface area contributed by atoms with Crippen molar-refractivity contribution in [1.29, 1.82) is 0 Å². The Morgan fingerprint density at radius 3 is 1.26 bits per heavy atom. The summed E-state index contributed by atoms with van der Waals surface area (Å²) in [5.41, 5.74) is -3.74. The number of fused-ring (bicyclic) bond motifs is 2. The van der Waals surface area contributed by atoms with Gasteiger partial charge in [-0.25, -0.2) is 19.6 Å². The predicted molar refractivity (Wildman–Crippen MR) is 186 cm³/mol. The van der Waals surface area contributed by atoms with Crippen molar-refractivity contribution in [2.75, 3.05) is 26.2 Å². The highest BCUT2D eigenvalue weighted by molar-refractivity contribution is 5.78. The third kappa shape index (κ3) is 5.78. The number of carbonyl (C=O) groups excluding carboxylic acids is 2. The molecule has 272 valence electrons. The minimum absolute atomic E-state index is 0.153. The number of imidazole rings is 2. The number of hydrogen-bond acceptors (Lipinski definition) is 10. The average molecular weight is 697 g/mol. The third-order valence-electron chi connectivity index (χ3n) is 10.0. The first kappa shape index (κ1) is 36.4. The first-order chi connectivity index (χ1) is 23.7.